The van der Waals surface area contributed by atoms with Crippen LogP contribution in [-0.2, 0) is 4.84 Å². The summed E-state index contributed by atoms with van der Waals surface area (Å²) < 4.78 is 2.48. The first-order chi connectivity index (χ1) is 14.9. The largest absolute Gasteiger partial charge is 0.355 e. The van der Waals surface area contributed by atoms with Crippen molar-refractivity contribution in [2.75, 3.05) is 11.9 Å². The lowest BCUT2D eigenvalue weighted by atomic mass is 10.1. The van der Waals surface area contributed by atoms with Gasteiger partial charge in [0.1, 0.15) is 5.69 Å². The van der Waals surface area contributed by atoms with Crippen molar-refractivity contribution in [1.82, 2.24) is 15.3 Å². The van der Waals surface area contributed by atoms with Crippen LogP contribution in [0.3, 0.4) is 0 Å². The summed E-state index contributed by atoms with van der Waals surface area (Å²) in [5, 5.41) is 19.1. The molecule has 160 valence electrons. The van der Waals surface area contributed by atoms with E-state index in [4.69, 9.17) is 4.84 Å². The van der Waals surface area contributed by atoms with Crippen LogP contribution in [-0.4, -0.2) is 27.2 Å². The molecular formula is C21H20IN5O4. The summed E-state index contributed by atoms with van der Waals surface area (Å²) in [6, 6.07) is 10.3. The summed E-state index contributed by atoms with van der Waals surface area (Å²) >= 11 is 2.22. The molecule has 4 rings (SSSR count). The fraction of sp³-hybridized carbons (Fsp3) is 0.238. The summed E-state index contributed by atoms with van der Waals surface area (Å²) in [4.78, 5) is 29.4. The first kappa shape index (κ1) is 21.2. The zero-order valence-electron chi connectivity index (χ0n) is 16.7. The van der Waals surface area contributed by atoms with E-state index in [0.717, 1.165) is 27.7 Å². The third kappa shape index (κ3) is 5.02. The van der Waals surface area contributed by atoms with Crippen molar-refractivity contribution in [2.45, 2.75) is 19.8 Å². The lowest BCUT2D eigenvalue weighted by Crippen LogP contribution is -2.26. The summed E-state index contributed by atoms with van der Waals surface area (Å²) in [5.41, 5.74) is 4.70. The first-order valence-corrected chi connectivity index (χ1v) is 10.8. The van der Waals surface area contributed by atoms with Gasteiger partial charge >= 0.3 is 0 Å². The Morgan fingerprint density at radius 3 is 2.77 bits per heavy atom. The van der Waals surface area contributed by atoms with Crippen molar-refractivity contribution in [3.63, 3.8) is 0 Å². The van der Waals surface area contributed by atoms with E-state index in [2.05, 4.69) is 38.5 Å². The van der Waals surface area contributed by atoms with E-state index in [0.29, 0.717) is 18.2 Å². The van der Waals surface area contributed by atoms with Gasteiger partial charge in [0.2, 0.25) is 0 Å². The zero-order valence-corrected chi connectivity index (χ0v) is 18.8. The highest BCUT2D eigenvalue weighted by Gasteiger charge is 2.25. The highest BCUT2D eigenvalue weighted by Crippen LogP contribution is 2.33. The van der Waals surface area contributed by atoms with Gasteiger partial charge in [0.15, 0.2) is 0 Å². The van der Waals surface area contributed by atoms with Crippen LogP contribution in [0, 0.1) is 26.5 Å². The molecule has 2 N–H and O–H groups in total. The zero-order chi connectivity index (χ0) is 22.0. The van der Waals surface area contributed by atoms with Crippen LogP contribution in [0.2, 0.25) is 0 Å². The minimum absolute atomic E-state index is 0.108. The number of aryl methyl sites for hydroxylation is 1. The quantitative estimate of drug-likeness (QED) is 0.251. The molecule has 0 saturated heterocycles. The number of hydrogen-bond donors (Lipinski definition) is 2. The Morgan fingerprint density at radius 2 is 2.13 bits per heavy atom. The van der Waals surface area contributed by atoms with Gasteiger partial charge in [-0.3, -0.25) is 19.7 Å². The van der Waals surface area contributed by atoms with Crippen molar-refractivity contribution >= 4 is 45.6 Å². The van der Waals surface area contributed by atoms with E-state index in [-0.39, 0.29) is 16.9 Å². The van der Waals surface area contributed by atoms with Gasteiger partial charge in [-0.25, -0.2) is 10.2 Å². The van der Waals surface area contributed by atoms with Crippen molar-refractivity contribution < 1.29 is 14.6 Å². The first-order valence-electron chi connectivity index (χ1n) is 9.70. The van der Waals surface area contributed by atoms with E-state index in [1.54, 1.807) is 18.3 Å². The molecule has 9 nitrogen and oxygen atoms in total. The van der Waals surface area contributed by atoms with Gasteiger partial charge in [-0.1, -0.05) is 0 Å². The van der Waals surface area contributed by atoms with Crippen LogP contribution in [0.15, 0.2) is 48.8 Å². The van der Waals surface area contributed by atoms with Crippen LogP contribution < -0.4 is 10.8 Å². The predicted molar refractivity (Wildman–Crippen MR) is 124 cm³/mol. The normalized spacial score (nSPS) is 13.1. The molecule has 1 aliphatic rings. The van der Waals surface area contributed by atoms with E-state index in [9.17, 15) is 14.9 Å². The molecule has 1 saturated carbocycles. The number of nitrogens with zero attached hydrogens (tertiary/aromatic N) is 3. The second-order valence-electron chi connectivity index (χ2n) is 7.36. The number of anilines is 2. The van der Waals surface area contributed by atoms with Crippen LogP contribution in [0.1, 0.15) is 28.8 Å². The van der Waals surface area contributed by atoms with Crippen LogP contribution in [0.5, 0.6) is 0 Å². The monoisotopic (exact) mass is 533 g/mol. The number of benzene rings is 2. The maximum atomic E-state index is 12.8. The van der Waals surface area contributed by atoms with Crippen molar-refractivity contribution in [2.24, 2.45) is 5.92 Å². The molecule has 0 aliphatic heterocycles. The summed E-state index contributed by atoms with van der Waals surface area (Å²) in [6.07, 6.45) is 5.31. The van der Waals surface area contributed by atoms with Gasteiger partial charge in [0.05, 0.1) is 22.8 Å². The molecule has 10 heteroatoms. The minimum Gasteiger partial charge on any atom is -0.355 e. The highest BCUT2D eigenvalue weighted by molar-refractivity contribution is 14.1. The molecule has 0 spiro atoms. The summed E-state index contributed by atoms with van der Waals surface area (Å²) in [6.45, 7) is 2.38. The Bertz CT molecular complexity index is 1130. The Kier molecular flexibility index (Phi) is 6.18. The maximum Gasteiger partial charge on any atom is 0.295 e. The fourth-order valence-electron chi connectivity index (χ4n) is 3.09. The topological polar surface area (TPSA) is 111 Å². The number of halogens is 1. The second-order valence-corrected chi connectivity index (χ2v) is 8.61. The molecule has 1 aromatic heterocycles. The Labute approximate surface area is 192 Å². The average Bonchev–Trinajstić information content (AvgIpc) is 3.39. The molecule has 1 fully saturated rings. The molecule has 0 bridgehead atoms. The number of hydrogen-bond acceptors (Lipinski definition) is 6. The van der Waals surface area contributed by atoms with Gasteiger partial charge in [-0.05, 0) is 84.2 Å². The van der Waals surface area contributed by atoms with E-state index < -0.39 is 10.8 Å². The minimum atomic E-state index is -0.554. The number of carbonyl (C=O) groups excluding carboxylic acids is 1. The molecule has 3 aromatic rings. The van der Waals surface area contributed by atoms with Crippen LogP contribution in [0.25, 0.3) is 5.69 Å². The molecule has 2 aromatic carbocycles. The lowest BCUT2D eigenvalue weighted by Gasteiger charge is -2.16. The SMILES string of the molecule is Cc1cc(I)ccc1Nc1cc(-n2cccn2)c([N+](=O)[O-])cc1C(=O)NOCC1CC1. The van der Waals surface area contributed by atoms with E-state index in [1.807, 2.05) is 25.1 Å². The second kappa shape index (κ2) is 9.02. The fourth-order valence-corrected chi connectivity index (χ4v) is 3.73. The Morgan fingerprint density at radius 1 is 1.32 bits per heavy atom. The molecule has 1 heterocycles. The molecular weight excluding hydrogens is 513 g/mol. The maximum absolute atomic E-state index is 12.8. The molecule has 0 atom stereocenters. The molecule has 31 heavy (non-hydrogen) atoms. The third-order valence-electron chi connectivity index (χ3n) is 4.95. The standard InChI is InChI=1S/C21H20IN5O4/c1-13-9-15(22)5-6-17(13)24-18-11-19(26-8-2-7-23-26)20(27(29)30)10-16(18)21(28)25-31-12-14-3-4-14/h2,5-11,14,24H,3-4,12H2,1H3,(H,25,28). The molecule has 1 amide bonds. The number of nitrogens with one attached hydrogen (secondary N) is 2. The number of rotatable bonds is 8. The van der Waals surface area contributed by atoms with E-state index in [1.165, 1.54) is 16.9 Å². The van der Waals surface area contributed by atoms with Crippen molar-refractivity contribution in [1.29, 1.82) is 0 Å². The van der Waals surface area contributed by atoms with Gasteiger partial charge in [-0.2, -0.15) is 5.10 Å². The van der Waals surface area contributed by atoms with Crippen molar-refractivity contribution in [3.05, 3.63) is 73.6 Å². The smallest absolute Gasteiger partial charge is 0.295 e. The average molecular weight is 533 g/mol. The molecule has 1 aliphatic carbocycles. The van der Waals surface area contributed by atoms with Gasteiger partial charge in [0.25, 0.3) is 11.6 Å². The lowest BCUT2D eigenvalue weighted by molar-refractivity contribution is -0.384. The number of aromatic nitrogens is 2. The van der Waals surface area contributed by atoms with Gasteiger partial charge < -0.3 is 5.32 Å². The van der Waals surface area contributed by atoms with E-state index >= 15 is 0 Å². The number of hydroxylamine groups is 1. The summed E-state index contributed by atoms with van der Waals surface area (Å²) in [5.74, 6) is -0.0923. The summed E-state index contributed by atoms with van der Waals surface area (Å²) in [7, 11) is 0. The molecule has 0 radical (unpaired) electrons. The van der Waals surface area contributed by atoms with Crippen LogP contribution >= 0.6 is 22.6 Å². The Balaban J connectivity index is 1.75. The van der Waals surface area contributed by atoms with Crippen molar-refractivity contribution in [3.8, 4) is 5.69 Å². The number of nitro benzene ring substituents is 1. The Hall–Kier alpha value is -2.99. The van der Waals surface area contributed by atoms with Gasteiger partial charge in [0, 0.05) is 27.7 Å². The van der Waals surface area contributed by atoms with Gasteiger partial charge in [-0.15, -0.1) is 0 Å². The number of nitro groups is 1. The number of carbonyl (C=O) groups is 1. The number of amides is 1. The van der Waals surface area contributed by atoms with Crippen LogP contribution in [0.4, 0.5) is 17.1 Å². The third-order valence-corrected chi connectivity index (χ3v) is 5.62. The highest BCUT2D eigenvalue weighted by atomic mass is 127. The predicted octanol–water partition coefficient (Wildman–Crippen LogP) is 4.51. The molecule has 0 unspecified atom stereocenters.